The van der Waals surface area contributed by atoms with Crippen molar-refractivity contribution in [1.29, 1.82) is 0 Å². The highest BCUT2D eigenvalue weighted by Crippen LogP contribution is 2.54. The highest BCUT2D eigenvalue weighted by molar-refractivity contribution is 6.01. The fourth-order valence-electron chi connectivity index (χ4n) is 6.81. The number of methoxy groups -OCH3 is 1. The molecule has 1 spiro atoms. The van der Waals surface area contributed by atoms with Gasteiger partial charge < -0.3 is 24.8 Å². The first-order valence-corrected chi connectivity index (χ1v) is 14.8. The third-order valence-electron chi connectivity index (χ3n) is 8.94. The molecule has 44 heavy (non-hydrogen) atoms. The molecule has 1 atom stereocenters. The second-order valence-electron chi connectivity index (χ2n) is 11.3. The molecular weight excluding hydrogens is 556 g/mol. The van der Waals surface area contributed by atoms with Gasteiger partial charge in [0.25, 0.3) is 0 Å². The van der Waals surface area contributed by atoms with Crippen LogP contribution >= 0.6 is 0 Å². The number of piperidine rings is 1. The summed E-state index contributed by atoms with van der Waals surface area (Å²) in [6.07, 6.45) is 3.22. The molecule has 4 aromatic rings. The molecule has 1 aromatic heterocycles. The number of likely N-dealkylation sites (tertiary alicyclic amines) is 1. The van der Waals surface area contributed by atoms with Crippen LogP contribution in [0.1, 0.15) is 49.0 Å². The summed E-state index contributed by atoms with van der Waals surface area (Å²) in [6, 6.07) is 19.8. The maximum absolute atomic E-state index is 12.5. The number of esters is 1. The number of benzene rings is 3. The first-order chi connectivity index (χ1) is 21.4. The van der Waals surface area contributed by atoms with E-state index in [0.717, 1.165) is 40.3 Å². The third-order valence-corrected chi connectivity index (χ3v) is 8.94. The molecule has 1 fully saturated rings. The molecule has 0 radical (unpaired) electrons. The van der Waals surface area contributed by atoms with Gasteiger partial charge >= 0.3 is 12.1 Å². The Hall–Kier alpha value is -5.10. The maximum Gasteiger partial charge on any atom is 0.409 e. The van der Waals surface area contributed by atoms with Crippen molar-refractivity contribution in [2.24, 2.45) is 0 Å². The van der Waals surface area contributed by atoms with Crippen LogP contribution in [0.25, 0.3) is 26.7 Å². The van der Waals surface area contributed by atoms with E-state index >= 15 is 0 Å². The van der Waals surface area contributed by atoms with E-state index in [1.165, 1.54) is 12.7 Å². The zero-order valence-electron chi connectivity index (χ0n) is 24.8. The van der Waals surface area contributed by atoms with E-state index in [4.69, 9.17) is 26.5 Å². The number of rotatable bonds is 6. The minimum absolute atomic E-state index is 0.0108. The van der Waals surface area contributed by atoms with Gasteiger partial charge in [-0.25, -0.2) is 14.6 Å². The third kappa shape index (κ3) is 5.17. The number of hydrogen-bond donors (Lipinski definition) is 1. The number of nitrogen functional groups attached to an aromatic ring is 1. The molecule has 6 rings (SSSR count). The molecule has 1 amide bonds. The summed E-state index contributed by atoms with van der Waals surface area (Å²) < 4.78 is 17.0. The Morgan fingerprint density at radius 2 is 1.89 bits per heavy atom. The second-order valence-corrected chi connectivity index (χ2v) is 11.3. The molecule has 9 heteroatoms. The zero-order valence-corrected chi connectivity index (χ0v) is 24.8. The van der Waals surface area contributed by atoms with E-state index in [0.29, 0.717) is 42.3 Å². The van der Waals surface area contributed by atoms with E-state index in [-0.39, 0.29) is 36.6 Å². The Bertz CT molecular complexity index is 1790. The Balaban J connectivity index is 1.44. The number of hydrogen-bond acceptors (Lipinski definition) is 7. The topological polar surface area (TPSA) is 108 Å². The average molecular weight is 591 g/mol. The number of para-hydroxylation sites is 1. The summed E-state index contributed by atoms with van der Waals surface area (Å²) in [4.78, 5) is 34.5. The fraction of sp³-hybridized carbons (Fsp3) is 0.314. The van der Waals surface area contributed by atoms with E-state index < -0.39 is 0 Å². The number of fused-ring (bicyclic) bond motifs is 3. The number of carbonyl (C=O) groups is 2. The van der Waals surface area contributed by atoms with Gasteiger partial charge in [-0.05, 0) is 71.5 Å². The van der Waals surface area contributed by atoms with Gasteiger partial charge in [-0.15, -0.1) is 0 Å². The van der Waals surface area contributed by atoms with Crippen LogP contribution in [-0.4, -0.2) is 48.8 Å². The summed E-state index contributed by atoms with van der Waals surface area (Å²) in [7, 11) is 1.41. The van der Waals surface area contributed by atoms with Crippen molar-refractivity contribution in [1.82, 2.24) is 9.88 Å². The van der Waals surface area contributed by atoms with Gasteiger partial charge in [-0.1, -0.05) is 48.5 Å². The van der Waals surface area contributed by atoms with Gasteiger partial charge in [-0.3, -0.25) is 4.79 Å². The lowest BCUT2D eigenvalue weighted by molar-refractivity contribution is -0.142. The van der Waals surface area contributed by atoms with Crippen molar-refractivity contribution in [3.63, 3.8) is 0 Å². The Kier molecular flexibility index (Phi) is 7.83. The number of carbonyl (C=O) groups excluding carboxylic acids is 2. The Morgan fingerprint density at radius 3 is 2.64 bits per heavy atom. The number of aromatic nitrogens is 1. The van der Waals surface area contributed by atoms with Crippen molar-refractivity contribution in [3.05, 3.63) is 95.0 Å². The van der Waals surface area contributed by atoms with Crippen LogP contribution in [-0.2, 0) is 26.1 Å². The van der Waals surface area contributed by atoms with Gasteiger partial charge in [0.15, 0.2) is 0 Å². The number of amides is 1. The lowest BCUT2D eigenvalue weighted by Crippen LogP contribution is -2.44. The summed E-state index contributed by atoms with van der Waals surface area (Å²) in [5, 5.41) is 1.89. The first-order valence-electron chi connectivity index (χ1n) is 14.8. The van der Waals surface area contributed by atoms with E-state index in [2.05, 4.69) is 34.1 Å². The quantitative estimate of drug-likeness (QED) is 0.195. The standard InChI is InChI=1S/C35H34N4O5/c1-4-43-31(40)20-23-7-5-10-29(37-2)32(23)44-30-21-35(14-17-39(18-15-35)34(41)42-3)28-12-11-22(19-27(28)30)24-8-6-9-26-25(24)13-16-38-33(26)36/h5-13,16,19,30H,4,14-15,17-18,20-21H2,1,3H3,(H2,36,38). The van der Waals surface area contributed by atoms with Gasteiger partial charge in [0.1, 0.15) is 17.7 Å². The van der Waals surface area contributed by atoms with Gasteiger partial charge in [0, 0.05) is 30.1 Å². The van der Waals surface area contributed by atoms with Crippen LogP contribution < -0.4 is 10.5 Å². The van der Waals surface area contributed by atoms with Crippen LogP contribution in [0.4, 0.5) is 16.3 Å². The smallest absolute Gasteiger partial charge is 0.409 e. The van der Waals surface area contributed by atoms with E-state index in [9.17, 15) is 9.59 Å². The van der Waals surface area contributed by atoms with Gasteiger partial charge in [-0.2, -0.15) is 0 Å². The zero-order chi connectivity index (χ0) is 30.8. The molecule has 0 saturated carbocycles. The van der Waals surface area contributed by atoms with Gasteiger partial charge in [0.2, 0.25) is 5.69 Å². The predicted molar refractivity (Wildman–Crippen MR) is 168 cm³/mol. The lowest BCUT2D eigenvalue weighted by Gasteiger charge is -2.39. The summed E-state index contributed by atoms with van der Waals surface area (Å²) in [6.45, 7) is 11.0. The largest absolute Gasteiger partial charge is 0.496 e. The Labute approximate surface area is 256 Å². The fourth-order valence-corrected chi connectivity index (χ4v) is 6.81. The second kappa shape index (κ2) is 11.9. The molecule has 1 aliphatic carbocycles. The predicted octanol–water partition coefficient (Wildman–Crippen LogP) is 6.76. The first kappa shape index (κ1) is 29.0. The monoisotopic (exact) mass is 590 g/mol. The number of anilines is 1. The number of ether oxygens (including phenoxy) is 3. The van der Waals surface area contributed by atoms with Crippen molar-refractivity contribution in [2.45, 2.75) is 44.1 Å². The van der Waals surface area contributed by atoms with Crippen LogP contribution in [0.3, 0.4) is 0 Å². The molecule has 2 N–H and O–H groups in total. The minimum Gasteiger partial charge on any atom is -0.496 e. The molecule has 2 heterocycles. The highest BCUT2D eigenvalue weighted by atomic mass is 16.5. The molecule has 2 aliphatic rings. The summed E-state index contributed by atoms with van der Waals surface area (Å²) >= 11 is 0. The van der Waals surface area contributed by atoms with Crippen molar-refractivity contribution >= 4 is 34.3 Å². The molecule has 1 saturated heterocycles. The van der Waals surface area contributed by atoms with E-state index in [1.807, 2.05) is 24.3 Å². The molecule has 0 bridgehead atoms. The lowest BCUT2D eigenvalue weighted by atomic mass is 9.73. The molecule has 224 valence electrons. The highest BCUT2D eigenvalue weighted by Gasteiger charge is 2.47. The summed E-state index contributed by atoms with van der Waals surface area (Å²) in [5.74, 6) is 0.517. The minimum atomic E-state index is -0.375. The van der Waals surface area contributed by atoms with Crippen molar-refractivity contribution in [2.75, 3.05) is 32.5 Å². The molecular formula is C35H34N4O5. The van der Waals surface area contributed by atoms with Crippen molar-refractivity contribution in [3.8, 4) is 16.9 Å². The van der Waals surface area contributed by atoms with Crippen LogP contribution in [0.2, 0.25) is 0 Å². The molecule has 3 aromatic carbocycles. The average Bonchev–Trinajstić information content (AvgIpc) is 3.33. The molecule has 1 aliphatic heterocycles. The molecule has 9 nitrogen and oxygen atoms in total. The van der Waals surface area contributed by atoms with Crippen LogP contribution in [0.5, 0.6) is 5.75 Å². The van der Waals surface area contributed by atoms with Crippen molar-refractivity contribution < 1.29 is 23.8 Å². The molecule has 1 unspecified atom stereocenters. The van der Waals surface area contributed by atoms with E-state index in [1.54, 1.807) is 30.2 Å². The van der Waals surface area contributed by atoms with Gasteiger partial charge in [0.05, 0.1) is 26.7 Å². The SMILES string of the molecule is [C-]#[N+]c1cccc(CC(=O)OCC)c1OC1CC2(CCN(C(=O)OC)CC2)c2ccc(-c3cccc4c(N)nccc34)cc21. The number of pyridine rings is 1. The normalized spacial score (nSPS) is 16.8. The van der Waals surface area contributed by atoms with Crippen LogP contribution in [0.15, 0.2) is 66.9 Å². The summed E-state index contributed by atoms with van der Waals surface area (Å²) in [5.41, 5.74) is 11.2. The van der Waals surface area contributed by atoms with Crippen LogP contribution in [0, 0.1) is 6.57 Å². The number of nitrogens with two attached hydrogens (primary N) is 1. The Morgan fingerprint density at radius 1 is 1.09 bits per heavy atom. The number of nitrogens with zero attached hydrogens (tertiary/aromatic N) is 3. The maximum atomic E-state index is 12.5.